The van der Waals surface area contributed by atoms with Gasteiger partial charge in [-0.2, -0.15) is 0 Å². The van der Waals surface area contributed by atoms with Gasteiger partial charge in [0.05, 0.1) is 5.69 Å². The standard InChI is InChI=1S/C12H17NO/c1-2-12(6-4-7-12)10-13-8-3-5-11(13)9-14/h3,5,8-9H,2,4,6-7,10H2,1H3. The number of hydrogen-bond donors (Lipinski definition) is 0. The van der Waals surface area contributed by atoms with E-state index in [-0.39, 0.29) is 0 Å². The molecule has 1 fully saturated rings. The Balaban J connectivity index is 2.13. The molecule has 1 aromatic heterocycles. The third kappa shape index (κ3) is 1.49. The monoisotopic (exact) mass is 191 g/mol. The molecule has 1 heterocycles. The van der Waals surface area contributed by atoms with E-state index in [9.17, 15) is 4.79 Å². The highest BCUT2D eigenvalue weighted by molar-refractivity contribution is 5.72. The van der Waals surface area contributed by atoms with E-state index in [2.05, 4.69) is 11.5 Å². The molecule has 1 aliphatic carbocycles. The smallest absolute Gasteiger partial charge is 0.166 e. The molecule has 2 nitrogen and oxygen atoms in total. The first-order chi connectivity index (χ1) is 6.79. The van der Waals surface area contributed by atoms with E-state index in [4.69, 9.17) is 0 Å². The van der Waals surface area contributed by atoms with Crippen LogP contribution >= 0.6 is 0 Å². The van der Waals surface area contributed by atoms with E-state index in [0.29, 0.717) is 5.41 Å². The minimum atomic E-state index is 0.483. The van der Waals surface area contributed by atoms with Crippen molar-refractivity contribution >= 4 is 6.29 Å². The fourth-order valence-electron chi connectivity index (χ4n) is 2.34. The van der Waals surface area contributed by atoms with E-state index < -0.39 is 0 Å². The number of carbonyl (C=O) groups is 1. The maximum absolute atomic E-state index is 10.7. The number of rotatable bonds is 4. The molecule has 1 aromatic rings. The van der Waals surface area contributed by atoms with Gasteiger partial charge in [0.1, 0.15) is 0 Å². The predicted molar refractivity (Wildman–Crippen MR) is 56.4 cm³/mol. The van der Waals surface area contributed by atoms with Crippen molar-refractivity contribution in [1.29, 1.82) is 0 Å². The predicted octanol–water partition coefficient (Wildman–Crippen LogP) is 2.88. The summed E-state index contributed by atoms with van der Waals surface area (Å²) >= 11 is 0. The molecule has 0 unspecified atom stereocenters. The van der Waals surface area contributed by atoms with Gasteiger partial charge in [-0.05, 0) is 36.8 Å². The normalized spacial score (nSPS) is 18.9. The van der Waals surface area contributed by atoms with Crippen molar-refractivity contribution in [1.82, 2.24) is 4.57 Å². The van der Waals surface area contributed by atoms with Crippen LogP contribution in [-0.2, 0) is 6.54 Å². The minimum absolute atomic E-state index is 0.483. The lowest BCUT2D eigenvalue weighted by atomic mass is 9.67. The summed E-state index contributed by atoms with van der Waals surface area (Å²) in [5, 5.41) is 0. The molecule has 0 bridgehead atoms. The SMILES string of the molecule is CCC1(Cn2cccc2C=O)CCC1. The molecule has 0 aliphatic heterocycles. The van der Waals surface area contributed by atoms with Gasteiger partial charge in [0, 0.05) is 12.7 Å². The second-order valence-electron chi connectivity index (χ2n) is 4.39. The first-order valence-corrected chi connectivity index (χ1v) is 5.40. The van der Waals surface area contributed by atoms with Gasteiger partial charge in [0.25, 0.3) is 0 Å². The minimum Gasteiger partial charge on any atom is -0.345 e. The maximum atomic E-state index is 10.7. The van der Waals surface area contributed by atoms with Crippen molar-refractivity contribution in [3.63, 3.8) is 0 Å². The van der Waals surface area contributed by atoms with Crippen molar-refractivity contribution in [3.8, 4) is 0 Å². The zero-order chi connectivity index (χ0) is 10.0. The van der Waals surface area contributed by atoms with Crippen LogP contribution in [0.2, 0.25) is 0 Å². The average molecular weight is 191 g/mol. The summed E-state index contributed by atoms with van der Waals surface area (Å²) in [7, 11) is 0. The second kappa shape index (κ2) is 3.60. The van der Waals surface area contributed by atoms with Crippen LogP contribution in [0.3, 0.4) is 0 Å². The van der Waals surface area contributed by atoms with Crippen LogP contribution in [-0.4, -0.2) is 10.9 Å². The highest BCUT2D eigenvalue weighted by atomic mass is 16.1. The molecule has 0 atom stereocenters. The number of aldehydes is 1. The zero-order valence-electron chi connectivity index (χ0n) is 8.70. The molecule has 0 amide bonds. The molecule has 1 saturated carbocycles. The van der Waals surface area contributed by atoms with Crippen molar-refractivity contribution in [3.05, 3.63) is 24.0 Å². The van der Waals surface area contributed by atoms with Gasteiger partial charge in [0.15, 0.2) is 6.29 Å². The largest absolute Gasteiger partial charge is 0.345 e. The fourth-order valence-corrected chi connectivity index (χ4v) is 2.34. The lowest BCUT2D eigenvalue weighted by Gasteiger charge is -2.41. The first kappa shape index (κ1) is 9.50. The van der Waals surface area contributed by atoms with Crippen LogP contribution in [0.1, 0.15) is 43.1 Å². The number of nitrogens with zero attached hydrogens (tertiary/aromatic N) is 1. The van der Waals surface area contributed by atoms with Gasteiger partial charge in [-0.25, -0.2) is 0 Å². The molecule has 0 N–H and O–H groups in total. The van der Waals surface area contributed by atoms with Crippen molar-refractivity contribution in [2.24, 2.45) is 5.41 Å². The second-order valence-corrected chi connectivity index (χ2v) is 4.39. The summed E-state index contributed by atoms with van der Waals surface area (Å²) in [6, 6.07) is 3.83. The maximum Gasteiger partial charge on any atom is 0.166 e. The highest BCUT2D eigenvalue weighted by Gasteiger charge is 2.35. The Hall–Kier alpha value is -1.05. The molecule has 1 aliphatic rings. The average Bonchev–Trinajstić information content (AvgIpc) is 2.58. The number of hydrogen-bond acceptors (Lipinski definition) is 1. The summed E-state index contributed by atoms with van der Waals surface area (Å²) in [5.74, 6) is 0. The number of carbonyl (C=O) groups excluding carboxylic acids is 1. The van der Waals surface area contributed by atoms with Gasteiger partial charge in [-0.3, -0.25) is 4.79 Å². The summed E-state index contributed by atoms with van der Waals surface area (Å²) in [4.78, 5) is 10.7. The quantitative estimate of drug-likeness (QED) is 0.671. The molecule has 76 valence electrons. The lowest BCUT2D eigenvalue weighted by molar-refractivity contribution is 0.0967. The Morgan fingerprint density at radius 3 is 2.86 bits per heavy atom. The lowest BCUT2D eigenvalue weighted by Crippen LogP contribution is -2.33. The molecular weight excluding hydrogens is 174 g/mol. The highest BCUT2D eigenvalue weighted by Crippen LogP contribution is 2.45. The van der Waals surface area contributed by atoms with Gasteiger partial charge >= 0.3 is 0 Å². The van der Waals surface area contributed by atoms with E-state index in [1.807, 2.05) is 18.3 Å². The Kier molecular flexibility index (Phi) is 2.44. The van der Waals surface area contributed by atoms with E-state index in [0.717, 1.165) is 18.5 Å². The Morgan fingerprint density at radius 2 is 2.36 bits per heavy atom. The van der Waals surface area contributed by atoms with Crippen LogP contribution < -0.4 is 0 Å². The van der Waals surface area contributed by atoms with Crippen LogP contribution in [0.25, 0.3) is 0 Å². The van der Waals surface area contributed by atoms with Crippen molar-refractivity contribution < 1.29 is 4.79 Å². The van der Waals surface area contributed by atoms with Crippen LogP contribution in [0, 0.1) is 5.41 Å². The number of aromatic nitrogens is 1. The molecule has 2 heteroatoms. The molecule has 0 aromatic carbocycles. The van der Waals surface area contributed by atoms with Gasteiger partial charge in [0.2, 0.25) is 0 Å². The summed E-state index contributed by atoms with van der Waals surface area (Å²) in [6.45, 7) is 3.27. The fraction of sp³-hybridized carbons (Fsp3) is 0.583. The third-order valence-electron chi connectivity index (χ3n) is 3.66. The topological polar surface area (TPSA) is 22.0 Å². The zero-order valence-corrected chi connectivity index (χ0v) is 8.70. The molecular formula is C12H17NO. The van der Waals surface area contributed by atoms with Crippen LogP contribution in [0.5, 0.6) is 0 Å². The summed E-state index contributed by atoms with van der Waals surface area (Å²) in [5.41, 5.74) is 1.29. The molecule has 0 saturated heterocycles. The Morgan fingerprint density at radius 1 is 1.57 bits per heavy atom. The first-order valence-electron chi connectivity index (χ1n) is 5.40. The molecule has 0 radical (unpaired) electrons. The Bertz CT molecular complexity index is 317. The van der Waals surface area contributed by atoms with Gasteiger partial charge in [-0.1, -0.05) is 13.3 Å². The van der Waals surface area contributed by atoms with E-state index in [1.54, 1.807) is 0 Å². The molecule has 14 heavy (non-hydrogen) atoms. The van der Waals surface area contributed by atoms with E-state index >= 15 is 0 Å². The van der Waals surface area contributed by atoms with Crippen molar-refractivity contribution in [2.45, 2.75) is 39.2 Å². The van der Waals surface area contributed by atoms with Gasteiger partial charge in [-0.15, -0.1) is 0 Å². The van der Waals surface area contributed by atoms with E-state index in [1.165, 1.54) is 25.7 Å². The molecule has 2 rings (SSSR count). The van der Waals surface area contributed by atoms with Crippen LogP contribution in [0.15, 0.2) is 18.3 Å². The summed E-state index contributed by atoms with van der Waals surface area (Å²) < 4.78 is 2.09. The van der Waals surface area contributed by atoms with Crippen LogP contribution in [0.4, 0.5) is 0 Å². The van der Waals surface area contributed by atoms with Crippen molar-refractivity contribution in [2.75, 3.05) is 0 Å². The summed E-state index contributed by atoms with van der Waals surface area (Å²) in [6.07, 6.45) is 8.18. The Labute approximate surface area is 84.9 Å². The third-order valence-corrected chi connectivity index (χ3v) is 3.66. The molecule has 0 spiro atoms. The van der Waals surface area contributed by atoms with Gasteiger partial charge < -0.3 is 4.57 Å².